The lowest BCUT2D eigenvalue weighted by Gasteiger charge is -2.41. The molecule has 2 saturated heterocycles. The first kappa shape index (κ1) is 22.6. The Labute approximate surface area is 190 Å². The molecular formula is C26H33NO5. The molecule has 0 atom stereocenters. The van der Waals surface area contributed by atoms with E-state index >= 15 is 0 Å². The maximum Gasteiger partial charge on any atom is 0.230 e. The van der Waals surface area contributed by atoms with E-state index in [4.69, 9.17) is 18.9 Å². The molecule has 0 unspecified atom stereocenters. The van der Waals surface area contributed by atoms with Crippen LogP contribution in [0.2, 0.25) is 0 Å². The van der Waals surface area contributed by atoms with Crippen molar-refractivity contribution in [1.82, 2.24) is 5.32 Å². The lowest BCUT2D eigenvalue weighted by atomic mass is 9.71. The van der Waals surface area contributed by atoms with E-state index in [-0.39, 0.29) is 11.3 Å². The van der Waals surface area contributed by atoms with Gasteiger partial charge in [-0.05, 0) is 61.1 Å². The Bertz CT molecular complexity index is 881. The van der Waals surface area contributed by atoms with Gasteiger partial charge < -0.3 is 24.3 Å². The van der Waals surface area contributed by atoms with Gasteiger partial charge in [0, 0.05) is 38.4 Å². The van der Waals surface area contributed by atoms with Gasteiger partial charge >= 0.3 is 0 Å². The number of ether oxygens (including phenoxy) is 4. The average Bonchev–Trinajstić information content (AvgIpc) is 2.88. The average molecular weight is 440 g/mol. The number of rotatable bonds is 7. The number of benzene rings is 2. The minimum Gasteiger partial charge on any atom is -0.497 e. The maximum atomic E-state index is 13.7. The zero-order valence-corrected chi connectivity index (χ0v) is 19.0. The predicted octanol–water partition coefficient (Wildman–Crippen LogP) is 3.62. The number of carbonyl (C=O) groups excluding carboxylic acids is 1. The van der Waals surface area contributed by atoms with E-state index in [9.17, 15) is 4.79 Å². The largest absolute Gasteiger partial charge is 0.497 e. The second kappa shape index (κ2) is 9.92. The van der Waals surface area contributed by atoms with E-state index in [1.807, 2.05) is 36.4 Å². The summed E-state index contributed by atoms with van der Waals surface area (Å²) in [5.41, 5.74) is 1.50. The SMILES string of the molecule is COc1ccc(C2(CNC(=O)C3(c4ccc(OC)cc4)CCOCC3)CCOCC2)cc1. The van der Waals surface area contributed by atoms with Crippen LogP contribution >= 0.6 is 0 Å². The van der Waals surface area contributed by atoms with Crippen molar-refractivity contribution in [3.63, 3.8) is 0 Å². The molecule has 0 saturated carbocycles. The van der Waals surface area contributed by atoms with Crippen molar-refractivity contribution in [1.29, 1.82) is 0 Å². The Morgan fingerprint density at radius 2 is 1.25 bits per heavy atom. The van der Waals surface area contributed by atoms with Crippen molar-refractivity contribution in [3.8, 4) is 11.5 Å². The van der Waals surface area contributed by atoms with Gasteiger partial charge in [0.1, 0.15) is 11.5 Å². The lowest BCUT2D eigenvalue weighted by Crippen LogP contribution is -2.52. The van der Waals surface area contributed by atoms with Crippen LogP contribution in [0.4, 0.5) is 0 Å². The Morgan fingerprint density at radius 1 is 0.781 bits per heavy atom. The van der Waals surface area contributed by atoms with Crippen molar-refractivity contribution in [2.45, 2.75) is 36.5 Å². The zero-order chi connectivity index (χ0) is 22.4. The van der Waals surface area contributed by atoms with Gasteiger partial charge in [0.05, 0.1) is 19.6 Å². The lowest BCUT2D eigenvalue weighted by molar-refractivity contribution is -0.131. The van der Waals surface area contributed by atoms with Gasteiger partial charge in [0.15, 0.2) is 0 Å². The molecule has 0 radical (unpaired) electrons. The highest BCUT2D eigenvalue weighted by Crippen LogP contribution is 2.38. The molecular weight excluding hydrogens is 406 g/mol. The summed E-state index contributed by atoms with van der Waals surface area (Å²) in [7, 11) is 3.32. The molecule has 2 aliphatic heterocycles. The van der Waals surface area contributed by atoms with Gasteiger partial charge in [0.25, 0.3) is 0 Å². The number of amides is 1. The van der Waals surface area contributed by atoms with Crippen LogP contribution in [0, 0.1) is 0 Å². The Balaban J connectivity index is 1.57. The first-order chi connectivity index (χ1) is 15.6. The molecule has 0 bridgehead atoms. The smallest absolute Gasteiger partial charge is 0.230 e. The molecule has 32 heavy (non-hydrogen) atoms. The Morgan fingerprint density at radius 3 is 1.75 bits per heavy atom. The summed E-state index contributed by atoms with van der Waals surface area (Å²) >= 11 is 0. The van der Waals surface area contributed by atoms with Crippen LogP contribution in [0.3, 0.4) is 0 Å². The highest BCUT2D eigenvalue weighted by molar-refractivity contribution is 5.88. The topological polar surface area (TPSA) is 66.0 Å². The van der Waals surface area contributed by atoms with Crippen molar-refractivity contribution >= 4 is 5.91 Å². The fourth-order valence-electron chi connectivity index (χ4n) is 4.97. The zero-order valence-electron chi connectivity index (χ0n) is 19.0. The fourth-order valence-corrected chi connectivity index (χ4v) is 4.97. The molecule has 0 aromatic heterocycles. The normalized spacial score (nSPS) is 19.7. The van der Waals surface area contributed by atoms with Crippen LogP contribution in [0.5, 0.6) is 11.5 Å². The number of hydrogen-bond acceptors (Lipinski definition) is 5. The summed E-state index contributed by atoms with van der Waals surface area (Å²) in [5.74, 6) is 1.70. The third kappa shape index (κ3) is 4.48. The highest BCUT2D eigenvalue weighted by Gasteiger charge is 2.43. The van der Waals surface area contributed by atoms with E-state index in [0.717, 1.165) is 29.9 Å². The molecule has 1 N–H and O–H groups in total. The monoisotopic (exact) mass is 439 g/mol. The van der Waals surface area contributed by atoms with Crippen molar-refractivity contribution in [2.75, 3.05) is 47.2 Å². The second-order valence-electron chi connectivity index (χ2n) is 8.73. The summed E-state index contributed by atoms with van der Waals surface area (Å²) in [5, 5.41) is 3.35. The highest BCUT2D eigenvalue weighted by atomic mass is 16.5. The molecule has 2 heterocycles. The number of nitrogens with one attached hydrogen (secondary N) is 1. The van der Waals surface area contributed by atoms with Crippen LogP contribution in [0.1, 0.15) is 36.8 Å². The molecule has 6 heteroatoms. The molecule has 0 spiro atoms. The summed E-state index contributed by atoms with van der Waals surface area (Å²) in [6.45, 7) is 3.13. The van der Waals surface area contributed by atoms with Crippen LogP contribution in [-0.2, 0) is 25.1 Å². The third-order valence-electron chi connectivity index (χ3n) is 7.16. The minimum atomic E-state index is -0.587. The van der Waals surface area contributed by atoms with Crippen LogP contribution in [-0.4, -0.2) is 53.1 Å². The van der Waals surface area contributed by atoms with Crippen molar-refractivity contribution in [2.24, 2.45) is 0 Å². The van der Waals surface area contributed by atoms with E-state index < -0.39 is 5.41 Å². The van der Waals surface area contributed by atoms with Gasteiger partial charge in [-0.15, -0.1) is 0 Å². The molecule has 0 aliphatic carbocycles. The van der Waals surface area contributed by atoms with Gasteiger partial charge in [-0.25, -0.2) is 0 Å². The van der Waals surface area contributed by atoms with Gasteiger partial charge in [0.2, 0.25) is 5.91 Å². The molecule has 2 aliphatic rings. The standard InChI is InChI=1S/C26H33NO5/c1-29-22-7-3-20(4-8-22)25(11-15-31-16-12-25)19-27-24(28)26(13-17-32-18-14-26)21-5-9-23(30-2)10-6-21/h3-10H,11-19H2,1-2H3,(H,27,28). The van der Waals surface area contributed by atoms with Gasteiger partial charge in [-0.2, -0.15) is 0 Å². The molecule has 1 amide bonds. The number of carbonyl (C=O) groups is 1. The van der Waals surface area contributed by atoms with Gasteiger partial charge in [-0.1, -0.05) is 24.3 Å². The third-order valence-corrected chi connectivity index (χ3v) is 7.16. The van der Waals surface area contributed by atoms with E-state index in [0.29, 0.717) is 45.8 Å². The number of hydrogen-bond donors (Lipinski definition) is 1. The minimum absolute atomic E-state index is 0.0744. The second-order valence-corrected chi connectivity index (χ2v) is 8.73. The predicted molar refractivity (Wildman–Crippen MR) is 122 cm³/mol. The number of methoxy groups -OCH3 is 2. The molecule has 2 fully saturated rings. The molecule has 4 rings (SSSR count). The van der Waals surface area contributed by atoms with E-state index in [1.165, 1.54) is 5.56 Å². The fraction of sp³-hybridized carbons (Fsp3) is 0.500. The summed E-state index contributed by atoms with van der Waals surface area (Å²) in [6, 6.07) is 16.1. The van der Waals surface area contributed by atoms with Crippen LogP contribution < -0.4 is 14.8 Å². The van der Waals surface area contributed by atoms with E-state index in [1.54, 1.807) is 14.2 Å². The molecule has 172 valence electrons. The summed E-state index contributed by atoms with van der Waals surface area (Å²) in [6.07, 6.45) is 3.09. The quantitative estimate of drug-likeness (QED) is 0.714. The van der Waals surface area contributed by atoms with Crippen molar-refractivity contribution < 1.29 is 23.7 Å². The molecule has 6 nitrogen and oxygen atoms in total. The Hall–Kier alpha value is -2.57. The summed E-state index contributed by atoms with van der Waals surface area (Å²) < 4.78 is 21.9. The first-order valence-corrected chi connectivity index (χ1v) is 11.3. The van der Waals surface area contributed by atoms with E-state index in [2.05, 4.69) is 17.4 Å². The summed E-state index contributed by atoms with van der Waals surface area (Å²) in [4.78, 5) is 13.7. The van der Waals surface area contributed by atoms with Crippen LogP contribution in [0.15, 0.2) is 48.5 Å². The van der Waals surface area contributed by atoms with Gasteiger partial charge in [-0.3, -0.25) is 4.79 Å². The Kier molecular flexibility index (Phi) is 7.01. The van der Waals surface area contributed by atoms with Crippen LogP contribution in [0.25, 0.3) is 0 Å². The first-order valence-electron chi connectivity index (χ1n) is 11.3. The molecule has 2 aromatic rings. The maximum absolute atomic E-state index is 13.7. The molecule has 2 aromatic carbocycles. The van der Waals surface area contributed by atoms with Crippen molar-refractivity contribution in [3.05, 3.63) is 59.7 Å².